The first kappa shape index (κ1) is 30.4. The zero-order valence-corrected chi connectivity index (χ0v) is 29.7. The van der Waals surface area contributed by atoms with Crippen molar-refractivity contribution in [2.75, 3.05) is 0 Å². The summed E-state index contributed by atoms with van der Waals surface area (Å²) in [6, 6.07) is 46.7. The van der Waals surface area contributed by atoms with Gasteiger partial charge in [-0.1, -0.05) is 99.5 Å². The number of fused-ring (bicyclic) bond motifs is 5. The third-order valence-electron chi connectivity index (χ3n) is 8.13. The number of aromatic nitrogens is 2. The molecule has 1 radical (unpaired) electrons. The van der Waals surface area contributed by atoms with E-state index in [9.17, 15) is 0 Å². The summed E-state index contributed by atoms with van der Waals surface area (Å²) in [4.78, 5) is 8.84. The Kier molecular flexibility index (Phi) is 8.93. The molecule has 3 heterocycles. The van der Waals surface area contributed by atoms with E-state index in [1.54, 1.807) is 18.5 Å². The first-order valence-corrected chi connectivity index (χ1v) is 15.8. The first-order chi connectivity index (χ1) is 23.6. The topological polar surface area (TPSA) is 38.9 Å². The molecule has 0 aliphatic carbocycles. The number of rotatable bonds is 4. The Morgan fingerprint density at radius 2 is 1.46 bits per heavy atom. The second kappa shape index (κ2) is 14.1. The van der Waals surface area contributed by atoms with E-state index >= 15 is 0 Å². The summed E-state index contributed by atoms with van der Waals surface area (Å²) < 4.78 is 23.6. The number of benzene rings is 5. The quantitative estimate of drug-likeness (QED) is 0.166. The fraction of sp³-hybridized carbons (Fsp3) is 0.136. The van der Waals surface area contributed by atoms with Crippen LogP contribution >= 0.6 is 0 Å². The number of pyridine rings is 2. The summed E-state index contributed by atoms with van der Waals surface area (Å²) in [6.07, 6.45) is 1.99. The number of para-hydroxylation sites is 1. The van der Waals surface area contributed by atoms with Gasteiger partial charge >= 0.3 is 0 Å². The molecule has 8 aromatic rings. The maximum Gasteiger partial charge on any atom is 0.136 e. The van der Waals surface area contributed by atoms with Crippen LogP contribution in [0.4, 0.5) is 0 Å². The molecular formula is C44H36IrN2O-2. The molecule has 0 amide bonds. The molecule has 0 fully saturated rings. The van der Waals surface area contributed by atoms with Crippen molar-refractivity contribution >= 4 is 32.7 Å². The van der Waals surface area contributed by atoms with Crippen molar-refractivity contribution in [2.45, 2.75) is 34.1 Å². The van der Waals surface area contributed by atoms with Gasteiger partial charge in [-0.2, -0.15) is 0 Å². The maximum atomic E-state index is 8.73. The SMILES string of the molecule is [2H]C([2H])(c1ccnc(-c2[c-]ccc(-c3cccc4c3ccc3oc5ccccc5c34)c2C)c1)C(C)(C)C.[Ir].[c-]1ccccc1-c1ccccn1. The standard InChI is InChI=1S/C33H28NO.C11H8N.Ir/c1-21-23(10-7-11-24(21)29-19-22(17-18-34-29)20-33(2,3)4)25-12-8-13-27-26(25)15-16-31-32(27)28-9-5-6-14-30(28)35-31;1-2-6-10(7-3-1)11-8-4-5-9-12-11;/h5-10,12-19H,20H2,1-4H3;1-6,8-9H;/q2*-1;/i20D2;;. The van der Waals surface area contributed by atoms with Gasteiger partial charge in [0.05, 0.1) is 0 Å². The smallest absolute Gasteiger partial charge is 0.136 e. The number of hydrogen-bond acceptors (Lipinski definition) is 3. The van der Waals surface area contributed by atoms with Crippen LogP contribution in [0.1, 0.15) is 34.6 Å². The third-order valence-corrected chi connectivity index (χ3v) is 8.13. The number of nitrogens with zero attached hydrogens (tertiary/aromatic N) is 2. The molecule has 0 unspecified atom stereocenters. The van der Waals surface area contributed by atoms with Crippen molar-refractivity contribution in [3.8, 4) is 33.6 Å². The van der Waals surface area contributed by atoms with Crippen LogP contribution in [0.25, 0.3) is 66.4 Å². The Balaban J connectivity index is 0.000000281. The van der Waals surface area contributed by atoms with E-state index in [1.807, 2.05) is 93.6 Å². The second-order valence-corrected chi connectivity index (χ2v) is 12.6. The molecule has 5 aromatic carbocycles. The summed E-state index contributed by atoms with van der Waals surface area (Å²) in [5.41, 5.74) is 8.80. The normalized spacial score (nSPS) is 12.2. The van der Waals surface area contributed by atoms with Crippen molar-refractivity contribution in [1.82, 2.24) is 9.97 Å². The van der Waals surface area contributed by atoms with Crippen molar-refractivity contribution in [2.24, 2.45) is 5.41 Å². The minimum atomic E-state index is -1.50. The molecule has 48 heavy (non-hydrogen) atoms. The van der Waals surface area contributed by atoms with Gasteiger partial charge in [-0.3, -0.25) is 0 Å². The molecule has 4 heteroatoms. The summed E-state index contributed by atoms with van der Waals surface area (Å²) in [5.74, 6) is 0. The molecule has 0 bridgehead atoms. The van der Waals surface area contributed by atoms with E-state index in [1.165, 1.54) is 0 Å². The van der Waals surface area contributed by atoms with Gasteiger partial charge < -0.3 is 14.4 Å². The van der Waals surface area contributed by atoms with E-state index in [-0.39, 0.29) is 20.1 Å². The molecule has 0 N–H and O–H groups in total. The van der Waals surface area contributed by atoms with E-state index in [2.05, 4.69) is 71.5 Å². The second-order valence-electron chi connectivity index (χ2n) is 12.6. The van der Waals surface area contributed by atoms with Gasteiger partial charge in [-0.05, 0) is 63.8 Å². The molecule has 8 rings (SSSR count). The summed E-state index contributed by atoms with van der Waals surface area (Å²) >= 11 is 0. The zero-order valence-electron chi connectivity index (χ0n) is 29.3. The minimum absolute atomic E-state index is 0. The van der Waals surface area contributed by atoms with Gasteiger partial charge in [0.25, 0.3) is 0 Å². The molecule has 3 nitrogen and oxygen atoms in total. The summed E-state index contributed by atoms with van der Waals surface area (Å²) in [6.45, 7) is 7.86. The van der Waals surface area contributed by atoms with Crippen LogP contribution in [0.2, 0.25) is 0 Å². The number of hydrogen-bond donors (Lipinski definition) is 0. The molecule has 0 aliphatic rings. The van der Waals surface area contributed by atoms with Crippen LogP contribution in [-0.4, -0.2) is 9.97 Å². The van der Waals surface area contributed by atoms with Gasteiger partial charge in [-0.25, -0.2) is 0 Å². The first-order valence-electron chi connectivity index (χ1n) is 16.8. The monoisotopic (exact) mass is 803 g/mol. The van der Waals surface area contributed by atoms with Gasteiger partial charge in [0, 0.05) is 46.0 Å². The Hall–Kier alpha value is -4.89. The van der Waals surface area contributed by atoms with Crippen LogP contribution in [0, 0.1) is 24.5 Å². The Morgan fingerprint density at radius 3 is 2.25 bits per heavy atom. The van der Waals surface area contributed by atoms with Gasteiger partial charge in [0.2, 0.25) is 0 Å². The van der Waals surface area contributed by atoms with E-state index in [0.717, 1.165) is 71.9 Å². The average Bonchev–Trinajstić information content (AvgIpc) is 3.52. The average molecular weight is 803 g/mol. The minimum Gasteiger partial charge on any atom is -0.456 e. The third kappa shape index (κ3) is 6.87. The van der Waals surface area contributed by atoms with Crippen LogP contribution in [0.15, 0.2) is 138 Å². The Bertz CT molecular complexity index is 2380. The predicted octanol–water partition coefficient (Wildman–Crippen LogP) is 11.7. The van der Waals surface area contributed by atoms with Crippen molar-refractivity contribution in [3.63, 3.8) is 0 Å². The van der Waals surface area contributed by atoms with Crippen LogP contribution in [0.5, 0.6) is 0 Å². The fourth-order valence-corrected chi connectivity index (χ4v) is 6.10. The van der Waals surface area contributed by atoms with Crippen LogP contribution in [-0.2, 0) is 26.5 Å². The van der Waals surface area contributed by atoms with Crippen molar-refractivity contribution < 1.29 is 27.3 Å². The zero-order chi connectivity index (χ0) is 34.2. The van der Waals surface area contributed by atoms with Gasteiger partial charge in [0.15, 0.2) is 0 Å². The Labute approximate surface area is 298 Å². The number of furan rings is 1. The molecule has 0 saturated carbocycles. The molecule has 0 spiro atoms. The predicted molar refractivity (Wildman–Crippen MR) is 195 cm³/mol. The Morgan fingerprint density at radius 1 is 0.667 bits per heavy atom. The van der Waals surface area contributed by atoms with Gasteiger partial charge in [0.1, 0.15) is 11.2 Å². The largest absolute Gasteiger partial charge is 0.456 e. The summed E-state index contributed by atoms with van der Waals surface area (Å²) in [5, 5.41) is 4.57. The van der Waals surface area contributed by atoms with Crippen LogP contribution in [0.3, 0.4) is 0 Å². The van der Waals surface area contributed by atoms with Gasteiger partial charge in [-0.15, -0.1) is 65.2 Å². The van der Waals surface area contributed by atoms with E-state index < -0.39 is 11.8 Å². The molecule has 0 saturated heterocycles. The summed E-state index contributed by atoms with van der Waals surface area (Å²) in [7, 11) is 0. The molecule has 0 aliphatic heterocycles. The van der Waals surface area contributed by atoms with E-state index in [4.69, 9.17) is 7.16 Å². The molecule has 239 valence electrons. The van der Waals surface area contributed by atoms with Crippen molar-refractivity contribution in [3.05, 3.63) is 157 Å². The van der Waals surface area contributed by atoms with Crippen molar-refractivity contribution in [1.29, 1.82) is 0 Å². The van der Waals surface area contributed by atoms with Crippen LogP contribution < -0.4 is 0 Å². The fourth-order valence-electron chi connectivity index (χ4n) is 6.10. The molecule has 0 atom stereocenters. The van der Waals surface area contributed by atoms with E-state index in [0.29, 0.717) is 5.56 Å². The maximum absolute atomic E-state index is 8.73. The molecular weight excluding hydrogens is 765 g/mol. The molecule has 3 aromatic heterocycles.